The van der Waals surface area contributed by atoms with Crippen LogP contribution in [-0.4, -0.2) is 291 Å². The average Bonchev–Trinajstić information content (AvgIpc) is 3.36. The Morgan fingerprint density at radius 1 is 0.380 bits per heavy atom. The minimum absolute atomic E-state index is 0.0136. The SMILES string of the molecule is CC(CCC(=O)CCCC(=O)N(C)CC(=O)N(C)CC(=O)N(C)CC(=O)N(C)CC(=O)N(C)CC(=O)N(C)CC(=O)N(C)CC(=O)N(C)CC(=O)N(C)CC(=O)N(C)CC(=O)N[C@@H](C)C(=O)C(C)C)SSCCNC(=O)C(C)C. The summed E-state index contributed by atoms with van der Waals surface area (Å²) in [5.41, 5.74) is 0. The topological polar surface area (TPSA) is 295 Å². The molecule has 0 saturated carbocycles. The Labute approximate surface area is 474 Å². The third kappa shape index (κ3) is 29.5. The maximum Gasteiger partial charge on any atom is 0.242 e. The highest BCUT2D eigenvalue weighted by Gasteiger charge is 2.27. The van der Waals surface area contributed by atoms with Crippen molar-refractivity contribution in [3.8, 4) is 0 Å². The molecule has 0 aliphatic rings. The molecule has 0 fully saturated rings. The van der Waals surface area contributed by atoms with E-state index in [9.17, 15) is 67.1 Å². The first-order valence-corrected chi connectivity index (χ1v) is 28.3. The van der Waals surface area contributed by atoms with E-state index in [1.165, 1.54) is 75.4 Å². The second-order valence-electron chi connectivity index (χ2n) is 20.4. The molecular formula is C51H88N12O14S2. The van der Waals surface area contributed by atoms with Gasteiger partial charge in [0.1, 0.15) is 5.78 Å². The minimum Gasteiger partial charge on any atom is -0.355 e. The van der Waals surface area contributed by atoms with Crippen LogP contribution in [0.5, 0.6) is 0 Å². The fraction of sp³-hybridized carbons (Fsp3) is 0.725. The number of ketones is 2. The average molecular weight is 1160 g/mol. The zero-order chi connectivity index (χ0) is 61.0. The number of hydrogen-bond acceptors (Lipinski definition) is 16. The predicted octanol–water partition coefficient (Wildman–Crippen LogP) is -1.64. The van der Waals surface area contributed by atoms with Crippen LogP contribution in [0.4, 0.5) is 0 Å². The zero-order valence-electron chi connectivity index (χ0n) is 49.3. The highest BCUT2D eigenvalue weighted by molar-refractivity contribution is 8.76. The van der Waals surface area contributed by atoms with Crippen LogP contribution in [-0.2, 0) is 67.1 Å². The van der Waals surface area contributed by atoms with Gasteiger partial charge in [-0.05, 0) is 19.8 Å². The fourth-order valence-corrected chi connectivity index (χ4v) is 8.87. The molecule has 0 aliphatic heterocycles. The smallest absolute Gasteiger partial charge is 0.242 e. The van der Waals surface area contributed by atoms with Gasteiger partial charge in [0.05, 0.1) is 71.5 Å². The molecule has 0 aromatic rings. The third-order valence-corrected chi connectivity index (χ3v) is 15.2. The molecule has 26 nitrogen and oxygen atoms in total. The zero-order valence-corrected chi connectivity index (χ0v) is 51.0. The summed E-state index contributed by atoms with van der Waals surface area (Å²) in [4.78, 5) is 189. The standard InChI is InChI=1S/C51H88N12O14S2/c1-34(2)50(76)37(6)53-39(65)24-54(7)41(67)26-56(9)43(69)28-58(11)45(71)30-60(13)47(73)32-62(15)49(75)33-63(16)48(74)31-61(14)46(72)29-59(12)44(70)27-57(10)42(68)25-55(8)40(66)19-17-18-38(64)21-20-36(5)79-78-23-22-52-51(77)35(3)4/h34-37H,17-33H2,1-16H3,(H,52,77)(H,53,65)/t36?,37-/m0/s1. The molecule has 12 amide bonds. The number of nitrogens with zero attached hydrogens (tertiary/aromatic N) is 10. The first-order valence-electron chi connectivity index (χ1n) is 25.9. The Morgan fingerprint density at radius 3 is 0.987 bits per heavy atom. The molecule has 0 aromatic heterocycles. The number of Topliss-reactive ketones (excluding diaryl/α,β-unsaturated/α-hetero) is 2. The van der Waals surface area contributed by atoms with E-state index in [0.29, 0.717) is 25.8 Å². The molecule has 2 atom stereocenters. The van der Waals surface area contributed by atoms with Crippen molar-refractivity contribution in [3.63, 3.8) is 0 Å². The molecule has 0 aromatic carbocycles. The van der Waals surface area contributed by atoms with E-state index in [1.807, 2.05) is 20.8 Å². The first-order chi connectivity index (χ1) is 36.6. The summed E-state index contributed by atoms with van der Waals surface area (Å²) in [7, 11) is 16.8. The Morgan fingerprint density at radius 2 is 0.684 bits per heavy atom. The van der Waals surface area contributed by atoms with Crippen LogP contribution in [0.1, 0.15) is 73.6 Å². The molecule has 28 heteroatoms. The van der Waals surface area contributed by atoms with Gasteiger partial charge in [-0.1, -0.05) is 56.2 Å². The van der Waals surface area contributed by atoms with E-state index in [-0.39, 0.29) is 66.4 Å². The van der Waals surface area contributed by atoms with Crippen molar-refractivity contribution in [2.75, 3.05) is 148 Å². The highest BCUT2D eigenvalue weighted by Crippen LogP contribution is 2.29. The predicted molar refractivity (Wildman–Crippen MR) is 299 cm³/mol. The lowest BCUT2D eigenvalue weighted by Gasteiger charge is -2.27. The van der Waals surface area contributed by atoms with Gasteiger partial charge in [0.2, 0.25) is 70.9 Å². The normalized spacial score (nSPS) is 11.6. The second kappa shape index (κ2) is 36.8. The maximum atomic E-state index is 13.0. The molecule has 0 spiro atoms. The summed E-state index contributed by atoms with van der Waals surface area (Å²) in [5.74, 6) is -6.08. The van der Waals surface area contributed by atoms with Gasteiger partial charge in [0.15, 0.2) is 5.78 Å². The Bertz CT molecular complexity index is 2170. The highest BCUT2D eigenvalue weighted by atomic mass is 33.1. The molecule has 0 radical (unpaired) electrons. The van der Waals surface area contributed by atoms with Crippen molar-refractivity contribution in [1.82, 2.24) is 59.6 Å². The van der Waals surface area contributed by atoms with E-state index in [4.69, 9.17) is 0 Å². The van der Waals surface area contributed by atoms with Gasteiger partial charge in [-0.15, -0.1) is 0 Å². The van der Waals surface area contributed by atoms with Gasteiger partial charge < -0.3 is 59.6 Å². The van der Waals surface area contributed by atoms with Crippen molar-refractivity contribution in [2.24, 2.45) is 11.8 Å². The summed E-state index contributed by atoms with van der Waals surface area (Å²) >= 11 is 0. The number of likely N-dealkylation sites (N-methyl/N-ethyl adjacent to an activating group) is 10. The monoisotopic (exact) mass is 1160 g/mol. The molecule has 0 aliphatic carbocycles. The van der Waals surface area contributed by atoms with Crippen molar-refractivity contribution < 1.29 is 67.1 Å². The van der Waals surface area contributed by atoms with E-state index in [0.717, 1.165) is 49.9 Å². The molecule has 0 heterocycles. The molecule has 448 valence electrons. The number of carbonyl (C=O) groups is 14. The number of nitrogens with one attached hydrogen (secondary N) is 2. The second-order valence-corrected chi connectivity index (χ2v) is 23.4. The Hall–Kier alpha value is -6.32. The van der Waals surface area contributed by atoms with Gasteiger partial charge in [-0.2, -0.15) is 0 Å². The van der Waals surface area contributed by atoms with E-state index < -0.39 is 117 Å². The largest absolute Gasteiger partial charge is 0.355 e. The number of amides is 12. The summed E-state index contributed by atoms with van der Waals surface area (Å²) in [6, 6.07) is -0.739. The molecule has 0 bridgehead atoms. The van der Waals surface area contributed by atoms with Crippen LogP contribution >= 0.6 is 21.6 Å². The van der Waals surface area contributed by atoms with E-state index in [1.54, 1.807) is 42.4 Å². The molecular weight excluding hydrogens is 1070 g/mol. The van der Waals surface area contributed by atoms with Crippen molar-refractivity contribution in [1.29, 1.82) is 0 Å². The van der Waals surface area contributed by atoms with Crippen LogP contribution in [0.15, 0.2) is 0 Å². The van der Waals surface area contributed by atoms with Crippen molar-refractivity contribution in [3.05, 3.63) is 0 Å². The Kier molecular flexibility index (Phi) is 33.8. The lowest BCUT2D eigenvalue weighted by molar-refractivity contribution is -0.146. The number of carbonyl (C=O) groups excluding carboxylic acids is 14. The lowest BCUT2D eigenvalue weighted by atomic mass is 10.0. The minimum atomic E-state index is -0.739. The van der Waals surface area contributed by atoms with Crippen LogP contribution in [0.25, 0.3) is 0 Å². The van der Waals surface area contributed by atoms with E-state index in [2.05, 4.69) is 10.6 Å². The van der Waals surface area contributed by atoms with Gasteiger partial charge >= 0.3 is 0 Å². The summed E-state index contributed by atoms with van der Waals surface area (Å²) in [5, 5.41) is 5.64. The summed E-state index contributed by atoms with van der Waals surface area (Å²) < 4.78 is 0. The van der Waals surface area contributed by atoms with Gasteiger partial charge in [-0.3, -0.25) is 67.1 Å². The van der Waals surface area contributed by atoms with Crippen LogP contribution < -0.4 is 10.6 Å². The quantitative estimate of drug-likeness (QED) is 0.0526. The molecule has 0 saturated heterocycles. The van der Waals surface area contributed by atoms with Crippen LogP contribution in [0.3, 0.4) is 0 Å². The number of hydrogen-bond donors (Lipinski definition) is 2. The van der Waals surface area contributed by atoms with Crippen molar-refractivity contribution >= 4 is 104 Å². The van der Waals surface area contributed by atoms with Gasteiger partial charge in [-0.25, -0.2) is 0 Å². The molecule has 79 heavy (non-hydrogen) atoms. The van der Waals surface area contributed by atoms with Crippen LogP contribution in [0, 0.1) is 11.8 Å². The molecule has 1 unspecified atom stereocenters. The number of rotatable bonds is 36. The maximum absolute atomic E-state index is 13.0. The summed E-state index contributed by atoms with van der Waals surface area (Å²) in [6.45, 7) is 6.99. The fourth-order valence-electron chi connectivity index (χ4n) is 6.62. The van der Waals surface area contributed by atoms with Gasteiger partial charge in [0.25, 0.3) is 0 Å². The molecule has 0 rings (SSSR count). The summed E-state index contributed by atoms with van der Waals surface area (Å²) in [6.07, 6.45) is 1.68. The first kappa shape index (κ1) is 72.7. The van der Waals surface area contributed by atoms with Crippen molar-refractivity contribution in [2.45, 2.75) is 84.9 Å². The third-order valence-electron chi connectivity index (χ3n) is 12.3. The van der Waals surface area contributed by atoms with E-state index >= 15 is 0 Å². The van der Waals surface area contributed by atoms with Gasteiger partial charge in [0, 0.05) is 119 Å². The lowest BCUT2D eigenvalue weighted by Crippen LogP contribution is -2.49. The Balaban J connectivity index is 4.79. The van der Waals surface area contributed by atoms with Crippen LogP contribution in [0.2, 0.25) is 0 Å². The molecule has 2 N–H and O–H groups in total.